The molecule has 9 nitrogen and oxygen atoms in total. The standard InChI is InChI=1S/C21H16ClN3O6/c1-13-5-3-4-6-17(13)23-12-14-9-16(22)21(20(10-14)30-2)31-19-8-7-15(24(26)27)11-18(19)25(28)29/h3-12H,1-2H3. The molecule has 0 aliphatic heterocycles. The van der Waals surface area contributed by atoms with E-state index in [2.05, 4.69) is 4.99 Å². The predicted molar refractivity (Wildman–Crippen MR) is 116 cm³/mol. The Hall–Kier alpha value is -3.98. The number of aliphatic imine (C=N–C) groups is 1. The lowest BCUT2D eigenvalue weighted by molar-refractivity contribution is -0.394. The lowest BCUT2D eigenvalue weighted by atomic mass is 10.2. The second-order valence-electron chi connectivity index (χ2n) is 6.35. The van der Waals surface area contributed by atoms with Gasteiger partial charge in [-0.05, 0) is 42.3 Å². The van der Waals surface area contributed by atoms with Gasteiger partial charge in [0, 0.05) is 12.3 Å². The Labute approximate surface area is 181 Å². The minimum atomic E-state index is -0.772. The van der Waals surface area contributed by atoms with Crippen molar-refractivity contribution in [2.24, 2.45) is 4.99 Å². The molecule has 31 heavy (non-hydrogen) atoms. The van der Waals surface area contributed by atoms with E-state index in [9.17, 15) is 20.2 Å². The van der Waals surface area contributed by atoms with E-state index in [-0.39, 0.29) is 22.3 Å². The molecular weight excluding hydrogens is 426 g/mol. The molecule has 0 unspecified atom stereocenters. The molecule has 3 aromatic carbocycles. The molecule has 0 aliphatic rings. The van der Waals surface area contributed by atoms with Gasteiger partial charge in [-0.15, -0.1) is 0 Å². The molecule has 0 N–H and O–H groups in total. The number of hydrogen-bond acceptors (Lipinski definition) is 7. The SMILES string of the molecule is COc1cc(C=Nc2ccccc2C)cc(Cl)c1Oc1ccc([N+](=O)[O-])cc1[N+](=O)[O-]. The van der Waals surface area contributed by atoms with E-state index in [1.807, 2.05) is 31.2 Å². The van der Waals surface area contributed by atoms with Crippen molar-refractivity contribution >= 4 is 34.9 Å². The third-order valence-electron chi connectivity index (χ3n) is 4.28. The van der Waals surface area contributed by atoms with Crippen LogP contribution in [-0.2, 0) is 0 Å². The molecule has 0 radical (unpaired) electrons. The van der Waals surface area contributed by atoms with E-state index in [1.165, 1.54) is 7.11 Å². The van der Waals surface area contributed by atoms with E-state index in [4.69, 9.17) is 21.1 Å². The van der Waals surface area contributed by atoms with Gasteiger partial charge in [0.1, 0.15) is 0 Å². The van der Waals surface area contributed by atoms with Crippen LogP contribution in [0.5, 0.6) is 17.2 Å². The smallest absolute Gasteiger partial charge is 0.318 e. The van der Waals surface area contributed by atoms with Crippen LogP contribution < -0.4 is 9.47 Å². The number of nitrogens with zero attached hydrogens (tertiary/aromatic N) is 3. The fourth-order valence-corrected chi connectivity index (χ4v) is 2.98. The van der Waals surface area contributed by atoms with Crippen LogP contribution in [0.15, 0.2) is 59.6 Å². The van der Waals surface area contributed by atoms with Crippen LogP contribution in [0.1, 0.15) is 11.1 Å². The average molecular weight is 442 g/mol. The van der Waals surface area contributed by atoms with Crippen LogP contribution in [0.2, 0.25) is 5.02 Å². The maximum Gasteiger partial charge on any atom is 0.318 e. The highest BCUT2D eigenvalue weighted by Crippen LogP contribution is 2.42. The first-order chi connectivity index (χ1) is 14.8. The summed E-state index contributed by atoms with van der Waals surface area (Å²) in [5, 5.41) is 22.4. The van der Waals surface area contributed by atoms with Crippen LogP contribution in [-0.4, -0.2) is 23.2 Å². The third-order valence-corrected chi connectivity index (χ3v) is 4.56. The third kappa shape index (κ3) is 4.96. The number of aryl methyl sites for hydroxylation is 1. The van der Waals surface area contributed by atoms with Gasteiger partial charge in [-0.3, -0.25) is 25.2 Å². The van der Waals surface area contributed by atoms with E-state index in [0.29, 0.717) is 5.56 Å². The summed E-state index contributed by atoms with van der Waals surface area (Å²) in [6.45, 7) is 1.94. The number of hydrogen-bond donors (Lipinski definition) is 0. The molecule has 0 bridgehead atoms. The van der Waals surface area contributed by atoms with Crippen molar-refractivity contribution in [1.82, 2.24) is 0 Å². The lowest BCUT2D eigenvalue weighted by Crippen LogP contribution is -1.98. The largest absolute Gasteiger partial charge is 0.493 e. The number of non-ortho nitro benzene ring substituents is 1. The lowest BCUT2D eigenvalue weighted by Gasteiger charge is -2.13. The highest BCUT2D eigenvalue weighted by molar-refractivity contribution is 6.32. The monoisotopic (exact) mass is 441 g/mol. The Balaban J connectivity index is 1.97. The zero-order valence-electron chi connectivity index (χ0n) is 16.4. The Morgan fingerprint density at radius 2 is 1.74 bits per heavy atom. The molecule has 3 rings (SSSR count). The van der Waals surface area contributed by atoms with Gasteiger partial charge in [-0.25, -0.2) is 0 Å². The molecule has 0 aliphatic carbocycles. The van der Waals surface area contributed by atoms with Crippen molar-refractivity contribution in [2.75, 3.05) is 7.11 Å². The summed E-state index contributed by atoms with van der Waals surface area (Å²) in [7, 11) is 1.39. The molecule has 10 heteroatoms. The van der Waals surface area contributed by atoms with Crippen molar-refractivity contribution in [3.8, 4) is 17.2 Å². The number of nitro groups is 2. The van der Waals surface area contributed by atoms with Crippen LogP contribution in [0.4, 0.5) is 17.1 Å². The number of halogens is 1. The first-order valence-corrected chi connectivity index (χ1v) is 9.26. The number of ether oxygens (including phenoxy) is 2. The molecule has 0 saturated heterocycles. The quantitative estimate of drug-likeness (QED) is 0.251. The van der Waals surface area contributed by atoms with Crippen LogP contribution in [0, 0.1) is 27.2 Å². The van der Waals surface area contributed by atoms with Gasteiger partial charge >= 0.3 is 5.69 Å². The normalized spacial score (nSPS) is 10.8. The van der Waals surface area contributed by atoms with Gasteiger partial charge in [-0.2, -0.15) is 0 Å². The summed E-state index contributed by atoms with van der Waals surface area (Å²) in [5.41, 5.74) is 1.41. The first-order valence-electron chi connectivity index (χ1n) is 8.88. The summed E-state index contributed by atoms with van der Waals surface area (Å²) < 4.78 is 11.0. The van der Waals surface area contributed by atoms with Crippen molar-refractivity contribution in [3.63, 3.8) is 0 Å². The number of para-hydroxylation sites is 1. The summed E-state index contributed by atoms with van der Waals surface area (Å²) in [6.07, 6.45) is 1.61. The summed E-state index contributed by atoms with van der Waals surface area (Å²) in [5.74, 6) is 0.0395. The molecule has 0 saturated carbocycles. The summed E-state index contributed by atoms with van der Waals surface area (Å²) in [6, 6.07) is 13.8. The Morgan fingerprint density at radius 1 is 1.00 bits per heavy atom. The van der Waals surface area contributed by atoms with E-state index >= 15 is 0 Å². The van der Waals surface area contributed by atoms with Crippen molar-refractivity contribution in [2.45, 2.75) is 6.92 Å². The van der Waals surface area contributed by atoms with E-state index in [1.54, 1.807) is 18.3 Å². The van der Waals surface area contributed by atoms with Gasteiger partial charge < -0.3 is 9.47 Å². The minimum absolute atomic E-state index is 0.0363. The second kappa shape index (κ2) is 9.23. The molecule has 0 spiro atoms. The fourth-order valence-electron chi connectivity index (χ4n) is 2.72. The van der Waals surface area contributed by atoms with Gasteiger partial charge in [-0.1, -0.05) is 29.8 Å². The highest BCUT2D eigenvalue weighted by atomic mass is 35.5. The molecule has 158 valence electrons. The maximum atomic E-state index is 11.3. The van der Waals surface area contributed by atoms with E-state index in [0.717, 1.165) is 29.4 Å². The highest BCUT2D eigenvalue weighted by Gasteiger charge is 2.23. The number of benzene rings is 3. The van der Waals surface area contributed by atoms with Crippen molar-refractivity contribution in [3.05, 3.63) is 91.0 Å². The summed E-state index contributed by atoms with van der Waals surface area (Å²) >= 11 is 6.35. The average Bonchev–Trinajstić information content (AvgIpc) is 2.74. The Bertz CT molecular complexity index is 1200. The van der Waals surface area contributed by atoms with Gasteiger partial charge in [0.2, 0.25) is 5.75 Å². The van der Waals surface area contributed by atoms with Crippen LogP contribution in [0.3, 0.4) is 0 Å². The maximum absolute atomic E-state index is 11.3. The predicted octanol–water partition coefficient (Wildman–Crippen LogP) is 6.02. The molecule has 0 fully saturated rings. The number of rotatable bonds is 7. The topological polar surface area (TPSA) is 117 Å². The Morgan fingerprint density at radius 3 is 2.39 bits per heavy atom. The van der Waals surface area contributed by atoms with Crippen LogP contribution >= 0.6 is 11.6 Å². The van der Waals surface area contributed by atoms with Gasteiger partial charge in [0.25, 0.3) is 5.69 Å². The molecule has 0 amide bonds. The van der Waals surface area contributed by atoms with Gasteiger partial charge in [0.15, 0.2) is 11.5 Å². The molecule has 0 heterocycles. The molecular formula is C21H16ClN3O6. The fraction of sp³-hybridized carbons (Fsp3) is 0.0952. The molecule has 0 atom stereocenters. The number of nitro benzene ring substituents is 2. The number of methoxy groups -OCH3 is 1. The zero-order chi connectivity index (χ0) is 22.5. The second-order valence-corrected chi connectivity index (χ2v) is 6.75. The molecule has 3 aromatic rings. The molecule has 0 aromatic heterocycles. The van der Waals surface area contributed by atoms with E-state index < -0.39 is 21.2 Å². The minimum Gasteiger partial charge on any atom is -0.493 e. The van der Waals surface area contributed by atoms with Crippen LogP contribution in [0.25, 0.3) is 0 Å². The summed E-state index contributed by atoms with van der Waals surface area (Å²) in [4.78, 5) is 25.2. The Kier molecular flexibility index (Phi) is 6.46. The van der Waals surface area contributed by atoms with Gasteiger partial charge in [0.05, 0.1) is 33.7 Å². The van der Waals surface area contributed by atoms with Crippen molar-refractivity contribution in [1.29, 1.82) is 0 Å². The first kappa shape index (κ1) is 21.7. The zero-order valence-corrected chi connectivity index (χ0v) is 17.2. The van der Waals surface area contributed by atoms with Crippen molar-refractivity contribution < 1.29 is 19.3 Å².